The third-order valence-corrected chi connectivity index (χ3v) is 7.27. The number of aliphatic hydroxyl groups excluding tert-OH is 2. The molecule has 20 nitrogen and oxygen atoms in total. The Morgan fingerprint density at radius 1 is 0.800 bits per heavy atom. The van der Waals surface area contributed by atoms with E-state index in [1.54, 1.807) is 30.3 Å². The van der Waals surface area contributed by atoms with E-state index in [1.165, 1.54) is 0 Å². The largest absolute Gasteiger partial charge is 0.481 e. The fraction of sp³-hybridized carbons (Fsp3) is 0.517. The van der Waals surface area contributed by atoms with Crippen LogP contribution in [0.25, 0.3) is 0 Å². The quantitative estimate of drug-likeness (QED) is 0.0230. The highest BCUT2D eigenvalue weighted by Gasteiger charge is 2.35. The van der Waals surface area contributed by atoms with Crippen LogP contribution in [0, 0.1) is 0 Å². The highest BCUT2D eigenvalue weighted by Crippen LogP contribution is 2.07. The first kappa shape index (κ1) is 43.0. The molecule has 0 radical (unpaired) electrons. The highest BCUT2D eigenvalue weighted by atomic mass is 32.1. The van der Waals surface area contributed by atoms with Crippen molar-refractivity contribution < 1.29 is 54.0 Å². The predicted octanol–water partition coefficient (Wildman–Crippen LogP) is -5.10. The molecule has 7 atom stereocenters. The van der Waals surface area contributed by atoms with Crippen molar-refractivity contribution in [3.8, 4) is 0 Å². The normalized spacial score (nSPS) is 15.0. The molecule has 0 spiro atoms. The molecule has 0 aromatic heterocycles. The van der Waals surface area contributed by atoms with Crippen molar-refractivity contribution in [2.45, 2.75) is 75.0 Å². The molecule has 278 valence electrons. The number of hydrogen-bond acceptors (Lipinski definition) is 12. The van der Waals surface area contributed by atoms with E-state index in [-0.39, 0.29) is 31.1 Å². The minimum Gasteiger partial charge on any atom is -0.481 e. The van der Waals surface area contributed by atoms with Crippen LogP contribution >= 0.6 is 12.6 Å². The van der Waals surface area contributed by atoms with Crippen LogP contribution in [0.4, 0.5) is 0 Å². The molecule has 1 aromatic rings. The average molecular weight is 728 g/mol. The van der Waals surface area contributed by atoms with Crippen molar-refractivity contribution >= 4 is 60.1 Å². The number of aliphatic hydroxyl groups is 2. The highest BCUT2D eigenvalue weighted by molar-refractivity contribution is 7.80. The van der Waals surface area contributed by atoms with Crippen molar-refractivity contribution in [3.63, 3.8) is 0 Å². The SMILES string of the molecule is C[C@@H](O)[C@H](NC(=O)[C@H](CC(=O)O)NC(=O)[C@H](CS)NC(=O)[C@H](Cc1ccccc1)NC(=O)[C@@H](N)CCCN=C(N)N)C(=O)N[C@@H](CO)C(=O)O. The molecule has 0 aliphatic rings. The van der Waals surface area contributed by atoms with Gasteiger partial charge in [0.1, 0.15) is 30.2 Å². The molecule has 0 unspecified atom stereocenters. The van der Waals surface area contributed by atoms with Gasteiger partial charge in [-0.3, -0.25) is 33.8 Å². The molecule has 1 aromatic carbocycles. The lowest BCUT2D eigenvalue weighted by Gasteiger charge is -2.27. The maximum Gasteiger partial charge on any atom is 0.328 e. The summed E-state index contributed by atoms with van der Waals surface area (Å²) < 4.78 is 0. The number of benzene rings is 1. The molecule has 0 fully saturated rings. The van der Waals surface area contributed by atoms with E-state index in [4.69, 9.17) is 22.3 Å². The van der Waals surface area contributed by atoms with Crippen LogP contribution < -0.4 is 43.8 Å². The van der Waals surface area contributed by atoms with E-state index < -0.39 is 96.9 Å². The lowest BCUT2D eigenvalue weighted by Crippen LogP contribution is -2.61. The van der Waals surface area contributed by atoms with E-state index in [2.05, 4.69) is 38.9 Å². The van der Waals surface area contributed by atoms with Crippen LogP contribution in [0.15, 0.2) is 35.3 Å². The predicted molar refractivity (Wildman–Crippen MR) is 180 cm³/mol. The van der Waals surface area contributed by atoms with Crippen LogP contribution in [0.2, 0.25) is 0 Å². The minimum atomic E-state index is -1.86. The number of carboxylic acids is 2. The number of aliphatic imine (C=N–C) groups is 1. The summed E-state index contributed by atoms with van der Waals surface area (Å²) >= 11 is 4.09. The summed E-state index contributed by atoms with van der Waals surface area (Å²) in [7, 11) is 0. The van der Waals surface area contributed by atoms with Gasteiger partial charge in [-0.2, -0.15) is 12.6 Å². The fourth-order valence-electron chi connectivity index (χ4n) is 4.22. The maximum absolute atomic E-state index is 13.4. The van der Waals surface area contributed by atoms with Crippen LogP contribution in [0.3, 0.4) is 0 Å². The Morgan fingerprint density at radius 3 is 1.86 bits per heavy atom. The standard InChI is InChI=1S/C29H45N9O11S/c1-14(40)22(27(47)36-19(12-39)28(48)49)38-25(45)18(11-21(41)42)35-26(46)20(13-50)37-24(44)17(10-15-6-3-2-4-7-15)34-23(43)16(30)8-5-9-33-29(31)32/h2-4,6-7,14,16-20,22,39-40,50H,5,8-13,30H2,1H3,(H,34,43)(H,35,46)(H,36,47)(H,37,44)(H,38,45)(H,41,42)(H,48,49)(H4,31,32,33)/t14-,16+,17+,18+,19+,20+,22+/m1/s1. The lowest BCUT2D eigenvalue weighted by molar-refractivity contribution is -0.145. The molecule has 15 N–H and O–H groups in total. The molecule has 0 aliphatic heterocycles. The number of nitrogens with zero attached hydrogens (tertiary/aromatic N) is 1. The Bertz CT molecular complexity index is 1360. The number of carbonyl (C=O) groups is 7. The minimum absolute atomic E-state index is 0.0219. The van der Waals surface area contributed by atoms with Crippen LogP contribution in [-0.4, -0.2) is 129 Å². The first-order chi connectivity index (χ1) is 23.5. The summed E-state index contributed by atoms with van der Waals surface area (Å²) in [6.45, 7) is 0.277. The van der Waals surface area contributed by atoms with Gasteiger partial charge in [-0.15, -0.1) is 0 Å². The Balaban J connectivity index is 3.13. The summed E-state index contributed by atoms with van der Waals surface area (Å²) in [6, 6.07) is -0.676. The van der Waals surface area contributed by atoms with Gasteiger partial charge in [0.25, 0.3) is 0 Å². The smallest absolute Gasteiger partial charge is 0.328 e. The molecule has 0 heterocycles. The number of carboxylic acid groups (broad SMARTS) is 2. The topological polar surface area (TPSA) is 351 Å². The van der Waals surface area contributed by atoms with Gasteiger partial charge in [-0.1, -0.05) is 30.3 Å². The third kappa shape index (κ3) is 15.5. The number of thiol groups is 1. The van der Waals surface area contributed by atoms with Crippen LogP contribution in [0.5, 0.6) is 0 Å². The number of guanidine groups is 1. The third-order valence-electron chi connectivity index (χ3n) is 6.91. The number of aliphatic carboxylic acids is 2. The van der Waals surface area contributed by atoms with Gasteiger partial charge in [0.2, 0.25) is 29.5 Å². The number of nitrogens with one attached hydrogen (secondary N) is 5. The van der Waals surface area contributed by atoms with Crippen molar-refractivity contribution in [2.24, 2.45) is 22.2 Å². The Labute approximate surface area is 292 Å². The van der Waals surface area contributed by atoms with Crippen molar-refractivity contribution in [1.29, 1.82) is 0 Å². The molecule has 1 rings (SSSR count). The Hall–Kier alpha value is -4.99. The molecular formula is C29H45N9O11S. The fourth-order valence-corrected chi connectivity index (χ4v) is 4.47. The molecule has 0 saturated carbocycles. The second kappa shape index (κ2) is 21.9. The molecular weight excluding hydrogens is 682 g/mol. The number of nitrogens with two attached hydrogens (primary N) is 3. The van der Waals surface area contributed by atoms with Gasteiger partial charge in [0.05, 0.1) is 25.2 Å². The molecule has 50 heavy (non-hydrogen) atoms. The Morgan fingerprint density at radius 2 is 1.34 bits per heavy atom. The second-order valence-electron chi connectivity index (χ2n) is 11.0. The first-order valence-corrected chi connectivity index (χ1v) is 15.8. The Kier molecular flexibility index (Phi) is 18.8. The zero-order valence-corrected chi connectivity index (χ0v) is 28.0. The number of rotatable bonds is 22. The first-order valence-electron chi connectivity index (χ1n) is 15.2. The van der Waals surface area contributed by atoms with Gasteiger partial charge in [-0.05, 0) is 25.3 Å². The van der Waals surface area contributed by atoms with E-state index in [9.17, 15) is 48.9 Å². The lowest BCUT2D eigenvalue weighted by atomic mass is 10.0. The van der Waals surface area contributed by atoms with Gasteiger partial charge >= 0.3 is 11.9 Å². The molecule has 21 heteroatoms. The summed E-state index contributed by atoms with van der Waals surface area (Å²) in [5.41, 5.74) is 17.2. The van der Waals surface area contributed by atoms with Crippen LogP contribution in [-0.2, 0) is 40.0 Å². The van der Waals surface area contributed by atoms with Crippen molar-refractivity contribution in [2.75, 3.05) is 18.9 Å². The summed E-state index contributed by atoms with van der Waals surface area (Å²) in [5.74, 6) is -8.72. The summed E-state index contributed by atoms with van der Waals surface area (Å²) in [5, 5.41) is 48.8. The summed E-state index contributed by atoms with van der Waals surface area (Å²) in [6.07, 6.45) is -2.13. The molecule has 5 amide bonds. The molecule has 0 saturated heterocycles. The number of carbonyl (C=O) groups excluding carboxylic acids is 5. The summed E-state index contributed by atoms with van der Waals surface area (Å²) in [4.78, 5) is 91.7. The van der Waals surface area contributed by atoms with Crippen molar-refractivity contribution in [1.82, 2.24) is 26.6 Å². The van der Waals surface area contributed by atoms with Crippen molar-refractivity contribution in [3.05, 3.63) is 35.9 Å². The zero-order chi connectivity index (χ0) is 38.0. The monoisotopic (exact) mass is 727 g/mol. The molecule has 0 bridgehead atoms. The second-order valence-corrected chi connectivity index (χ2v) is 11.4. The average Bonchev–Trinajstić information content (AvgIpc) is 3.05. The maximum atomic E-state index is 13.4. The zero-order valence-electron chi connectivity index (χ0n) is 27.2. The van der Waals surface area contributed by atoms with E-state index >= 15 is 0 Å². The van der Waals surface area contributed by atoms with Gasteiger partial charge in [0.15, 0.2) is 5.96 Å². The van der Waals surface area contributed by atoms with E-state index in [1.807, 2.05) is 5.32 Å². The van der Waals surface area contributed by atoms with E-state index in [0.29, 0.717) is 12.0 Å². The van der Waals surface area contributed by atoms with Crippen LogP contribution in [0.1, 0.15) is 31.7 Å². The van der Waals surface area contributed by atoms with Gasteiger partial charge < -0.3 is 64.2 Å². The number of amides is 5. The molecule has 0 aliphatic carbocycles. The van der Waals surface area contributed by atoms with Gasteiger partial charge in [-0.25, -0.2) is 4.79 Å². The van der Waals surface area contributed by atoms with E-state index in [0.717, 1.165) is 6.92 Å². The number of hydrogen-bond donors (Lipinski definition) is 13. The van der Waals surface area contributed by atoms with Gasteiger partial charge in [0, 0.05) is 18.7 Å².